The van der Waals surface area contributed by atoms with Gasteiger partial charge in [0, 0.05) is 39.9 Å². The number of aromatic amines is 1. The van der Waals surface area contributed by atoms with Gasteiger partial charge < -0.3 is 15.4 Å². The Morgan fingerprint density at radius 2 is 1.92 bits per heavy atom. The van der Waals surface area contributed by atoms with Crippen molar-refractivity contribution >= 4 is 28.2 Å². The van der Waals surface area contributed by atoms with E-state index in [9.17, 15) is 9.50 Å². The van der Waals surface area contributed by atoms with Gasteiger partial charge in [0.25, 0.3) is 0 Å². The van der Waals surface area contributed by atoms with E-state index in [1.54, 1.807) is 6.20 Å². The quantitative estimate of drug-likeness (QED) is 0.520. The number of anilines is 1. The van der Waals surface area contributed by atoms with Crippen LogP contribution in [0, 0.1) is 12.7 Å². The van der Waals surface area contributed by atoms with Gasteiger partial charge in [0.15, 0.2) is 0 Å². The minimum absolute atomic E-state index is 0.139. The number of aliphatic hydroxyl groups excluding tert-OH is 1. The van der Waals surface area contributed by atoms with Gasteiger partial charge >= 0.3 is 0 Å². The standard InChI is InChI=1S/C21H22ClFN2O/c1-10-7-14(15-9-13(23)8-12-5-6-24-19(12)15)17(22)16-11(2)20(26)21(3,4)25-18(10)16/h5-9,11,20,24-26H,1-4H3. The van der Waals surface area contributed by atoms with Crippen LogP contribution >= 0.6 is 11.6 Å². The zero-order valence-electron chi connectivity index (χ0n) is 15.2. The number of fused-ring (bicyclic) bond motifs is 2. The third kappa shape index (κ3) is 2.43. The zero-order chi connectivity index (χ0) is 18.8. The van der Waals surface area contributed by atoms with E-state index in [1.165, 1.54) is 12.1 Å². The predicted octanol–water partition coefficient (Wildman–Crippen LogP) is 5.60. The SMILES string of the molecule is Cc1cc(-c2cc(F)cc3cc[nH]c23)c(Cl)c2c1NC(C)(C)C(O)C2C. The van der Waals surface area contributed by atoms with Crippen LogP contribution in [0.2, 0.25) is 5.02 Å². The van der Waals surface area contributed by atoms with Crippen molar-refractivity contribution in [1.82, 2.24) is 4.98 Å². The molecular weight excluding hydrogens is 351 g/mol. The molecule has 0 saturated heterocycles. The molecule has 0 aliphatic carbocycles. The fourth-order valence-corrected chi connectivity index (χ4v) is 4.56. The molecule has 26 heavy (non-hydrogen) atoms. The molecule has 5 heteroatoms. The highest BCUT2D eigenvalue weighted by atomic mass is 35.5. The lowest BCUT2D eigenvalue weighted by atomic mass is 9.77. The molecule has 1 aliphatic heterocycles. The van der Waals surface area contributed by atoms with Crippen LogP contribution in [-0.4, -0.2) is 21.7 Å². The molecule has 0 amide bonds. The summed E-state index contributed by atoms with van der Waals surface area (Å²) in [5, 5.41) is 15.5. The summed E-state index contributed by atoms with van der Waals surface area (Å²) < 4.78 is 14.2. The molecule has 2 aromatic carbocycles. The van der Waals surface area contributed by atoms with E-state index >= 15 is 0 Å². The molecule has 2 heterocycles. The average Bonchev–Trinajstić information content (AvgIpc) is 3.03. The Kier molecular flexibility index (Phi) is 3.83. The smallest absolute Gasteiger partial charge is 0.124 e. The number of hydrogen-bond acceptors (Lipinski definition) is 2. The van der Waals surface area contributed by atoms with Crippen LogP contribution in [0.4, 0.5) is 10.1 Å². The van der Waals surface area contributed by atoms with Crippen LogP contribution in [0.15, 0.2) is 30.5 Å². The molecule has 1 aliphatic rings. The van der Waals surface area contributed by atoms with Crippen molar-refractivity contribution < 1.29 is 9.50 Å². The third-order valence-corrected chi connectivity index (χ3v) is 5.93. The molecule has 0 saturated carbocycles. The number of hydrogen-bond donors (Lipinski definition) is 3. The molecule has 0 bridgehead atoms. The first-order chi connectivity index (χ1) is 12.2. The fraction of sp³-hybridized carbons (Fsp3) is 0.333. The zero-order valence-corrected chi connectivity index (χ0v) is 16.0. The first kappa shape index (κ1) is 17.4. The van der Waals surface area contributed by atoms with E-state index in [0.717, 1.165) is 38.8 Å². The molecule has 3 N–H and O–H groups in total. The summed E-state index contributed by atoms with van der Waals surface area (Å²) in [5.41, 5.74) is 4.77. The maximum absolute atomic E-state index is 14.2. The van der Waals surface area contributed by atoms with Crippen LogP contribution < -0.4 is 5.32 Å². The Bertz CT molecular complexity index is 1020. The van der Waals surface area contributed by atoms with Crippen LogP contribution in [0.25, 0.3) is 22.0 Å². The highest BCUT2D eigenvalue weighted by molar-refractivity contribution is 6.35. The number of nitrogens with one attached hydrogen (secondary N) is 2. The van der Waals surface area contributed by atoms with Crippen molar-refractivity contribution in [1.29, 1.82) is 0 Å². The summed E-state index contributed by atoms with van der Waals surface area (Å²) in [6.07, 6.45) is 1.21. The van der Waals surface area contributed by atoms with E-state index in [-0.39, 0.29) is 11.7 Å². The first-order valence-corrected chi connectivity index (χ1v) is 9.14. The number of aromatic nitrogens is 1. The Labute approximate surface area is 157 Å². The van der Waals surface area contributed by atoms with Crippen molar-refractivity contribution in [2.24, 2.45) is 0 Å². The lowest BCUT2D eigenvalue weighted by Gasteiger charge is -2.43. The molecule has 0 radical (unpaired) electrons. The van der Waals surface area contributed by atoms with Gasteiger partial charge in [0.2, 0.25) is 0 Å². The summed E-state index contributed by atoms with van der Waals surface area (Å²) in [5.74, 6) is -0.439. The highest BCUT2D eigenvalue weighted by Gasteiger charge is 2.40. The number of aryl methyl sites for hydroxylation is 1. The summed E-state index contributed by atoms with van der Waals surface area (Å²) in [6, 6.07) is 6.85. The average molecular weight is 373 g/mol. The Morgan fingerprint density at radius 1 is 1.19 bits per heavy atom. The molecule has 3 aromatic rings. The minimum atomic E-state index is -0.583. The summed E-state index contributed by atoms with van der Waals surface area (Å²) in [4.78, 5) is 3.18. The Hall–Kier alpha value is -2.04. The van der Waals surface area contributed by atoms with Gasteiger partial charge in [-0.1, -0.05) is 18.5 Å². The van der Waals surface area contributed by atoms with Crippen LogP contribution in [-0.2, 0) is 0 Å². The second kappa shape index (κ2) is 5.73. The summed E-state index contributed by atoms with van der Waals surface area (Å²) in [6.45, 7) is 7.95. The number of benzene rings is 2. The summed E-state index contributed by atoms with van der Waals surface area (Å²) in [7, 11) is 0. The molecule has 2 atom stereocenters. The van der Waals surface area contributed by atoms with Crippen molar-refractivity contribution in [3.63, 3.8) is 0 Å². The topological polar surface area (TPSA) is 48.0 Å². The third-order valence-electron chi connectivity index (χ3n) is 5.53. The number of aliphatic hydroxyl groups is 1. The fourth-order valence-electron chi connectivity index (χ4n) is 4.14. The maximum Gasteiger partial charge on any atom is 0.124 e. The van der Waals surface area contributed by atoms with Gasteiger partial charge in [-0.05, 0) is 50.6 Å². The van der Waals surface area contributed by atoms with E-state index in [0.29, 0.717) is 5.02 Å². The number of rotatable bonds is 1. The van der Waals surface area contributed by atoms with E-state index in [2.05, 4.69) is 10.3 Å². The van der Waals surface area contributed by atoms with Gasteiger partial charge in [0.05, 0.1) is 22.2 Å². The maximum atomic E-state index is 14.2. The van der Waals surface area contributed by atoms with Crippen molar-refractivity contribution in [2.45, 2.75) is 45.3 Å². The van der Waals surface area contributed by atoms with E-state index < -0.39 is 11.6 Å². The second-order valence-corrected chi connectivity index (χ2v) is 8.20. The largest absolute Gasteiger partial charge is 0.390 e. The molecule has 3 nitrogen and oxygen atoms in total. The van der Waals surface area contributed by atoms with Gasteiger partial charge in [-0.3, -0.25) is 0 Å². The van der Waals surface area contributed by atoms with Crippen LogP contribution in [0.3, 0.4) is 0 Å². The van der Waals surface area contributed by atoms with E-state index in [4.69, 9.17) is 11.6 Å². The molecule has 0 spiro atoms. The van der Waals surface area contributed by atoms with Gasteiger partial charge in [0.1, 0.15) is 5.82 Å². The van der Waals surface area contributed by atoms with E-state index in [1.807, 2.05) is 39.8 Å². The molecule has 2 unspecified atom stereocenters. The van der Waals surface area contributed by atoms with Crippen LogP contribution in [0.1, 0.15) is 37.8 Å². The van der Waals surface area contributed by atoms with Gasteiger partial charge in [-0.25, -0.2) is 4.39 Å². The van der Waals surface area contributed by atoms with Crippen LogP contribution in [0.5, 0.6) is 0 Å². The van der Waals surface area contributed by atoms with Gasteiger partial charge in [-0.2, -0.15) is 0 Å². The predicted molar refractivity (Wildman–Crippen MR) is 106 cm³/mol. The lowest BCUT2D eigenvalue weighted by molar-refractivity contribution is 0.0869. The monoisotopic (exact) mass is 372 g/mol. The molecule has 0 fully saturated rings. The minimum Gasteiger partial charge on any atom is -0.390 e. The number of halogens is 2. The van der Waals surface area contributed by atoms with Crippen molar-refractivity contribution in [3.8, 4) is 11.1 Å². The first-order valence-electron chi connectivity index (χ1n) is 8.77. The summed E-state index contributed by atoms with van der Waals surface area (Å²) >= 11 is 6.82. The Balaban J connectivity index is 2.01. The number of H-pyrrole nitrogens is 1. The molecular formula is C21H22ClFN2O. The molecule has 1 aromatic heterocycles. The van der Waals surface area contributed by atoms with Crippen molar-refractivity contribution in [3.05, 3.63) is 52.4 Å². The van der Waals surface area contributed by atoms with Crippen molar-refractivity contribution in [2.75, 3.05) is 5.32 Å². The highest BCUT2D eigenvalue weighted by Crippen LogP contribution is 2.48. The molecule has 4 rings (SSSR count). The van der Waals surface area contributed by atoms with Gasteiger partial charge in [-0.15, -0.1) is 0 Å². The Morgan fingerprint density at radius 3 is 2.65 bits per heavy atom. The normalized spacial score (nSPS) is 21.5. The molecule has 136 valence electrons. The second-order valence-electron chi connectivity index (χ2n) is 7.82. The lowest BCUT2D eigenvalue weighted by Crippen LogP contribution is -2.50.